The van der Waals surface area contributed by atoms with Crippen LogP contribution in [0.5, 0.6) is 0 Å². The van der Waals surface area contributed by atoms with E-state index in [1.54, 1.807) is 12.1 Å². The van der Waals surface area contributed by atoms with Crippen molar-refractivity contribution in [3.8, 4) is 0 Å². The van der Waals surface area contributed by atoms with Crippen LogP contribution in [0.3, 0.4) is 0 Å². The number of benzene rings is 1. The van der Waals surface area contributed by atoms with Crippen LogP contribution in [0.25, 0.3) is 0 Å². The molecule has 2 heterocycles. The van der Waals surface area contributed by atoms with Crippen LogP contribution in [0.15, 0.2) is 47.5 Å². The predicted molar refractivity (Wildman–Crippen MR) is 107 cm³/mol. The van der Waals surface area contributed by atoms with Gasteiger partial charge in [-0.1, -0.05) is 0 Å². The van der Waals surface area contributed by atoms with E-state index in [1.807, 2.05) is 26.4 Å². The molecule has 0 aliphatic carbocycles. The van der Waals surface area contributed by atoms with Crippen molar-refractivity contribution in [2.75, 3.05) is 32.2 Å². The minimum absolute atomic E-state index is 0.0780. The van der Waals surface area contributed by atoms with Crippen LogP contribution in [0.4, 0.5) is 18.9 Å². The number of nitrogens with zero attached hydrogens (tertiary/aromatic N) is 4. The molecule has 1 fully saturated rings. The minimum atomic E-state index is -4.25. The molecule has 3 rings (SSSR count). The first-order chi connectivity index (χ1) is 13.2. The van der Waals surface area contributed by atoms with E-state index in [-0.39, 0.29) is 16.7 Å². The number of hydrogen-bond acceptors (Lipinski definition) is 5. The zero-order valence-electron chi connectivity index (χ0n) is 16.3. The summed E-state index contributed by atoms with van der Waals surface area (Å²) >= 11 is -0.0780. The van der Waals surface area contributed by atoms with Gasteiger partial charge in [0.05, 0.1) is 12.4 Å². The summed E-state index contributed by atoms with van der Waals surface area (Å²) in [4.78, 5) is 11.3. The van der Waals surface area contributed by atoms with Crippen LogP contribution in [0.1, 0.15) is 18.2 Å². The van der Waals surface area contributed by atoms with Crippen molar-refractivity contribution in [3.63, 3.8) is 0 Å². The molecule has 0 spiro atoms. The molecule has 8 heteroatoms. The predicted octanol–water partition coefficient (Wildman–Crippen LogP) is 4.42. The second kappa shape index (κ2) is 8.71. The van der Waals surface area contributed by atoms with Crippen LogP contribution in [-0.2, 0) is 13.1 Å². The third-order valence-electron chi connectivity index (χ3n) is 4.64. The summed E-state index contributed by atoms with van der Waals surface area (Å²) in [7, 11) is 4.04. The summed E-state index contributed by atoms with van der Waals surface area (Å²) in [6.07, 6.45) is 1.85. The number of hydrogen-bond donors (Lipinski definition) is 0. The lowest BCUT2D eigenvalue weighted by atomic mass is 10.2. The average Bonchev–Trinajstić information content (AvgIpc) is 2.94. The Morgan fingerprint density at radius 1 is 1.18 bits per heavy atom. The standard InChI is InChI=1S/C20H25F3N4S/c1-15-11-27(18-4-6-19(7-5-18)28-20(21,22)23)14-26(15)12-16-8-9-24-17(10-16)13-25(2)3/h4-10,15H,11-14H2,1-3H3. The van der Waals surface area contributed by atoms with Crippen molar-refractivity contribution in [3.05, 3.63) is 53.9 Å². The Labute approximate surface area is 168 Å². The lowest BCUT2D eigenvalue weighted by molar-refractivity contribution is -0.0328. The highest BCUT2D eigenvalue weighted by molar-refractivity contribution is 8.00. The molecule has 0 amide bonds. The first-order valence-corrected chi connectivity index (χ1v) is 9.94. The maximum atomic E-state index is 12.5. The van der Waals surface area contributed by atoms with E-state index in [9.17, 15) is 13.2 Å². The Kier molecular flexibility index (Phi) is 6.52. The van der Waals surface area contributed by atoms with Gasteiger partial charge in [-0.05, 0) is 74.7 Å². The third kappa shape index (κ3) is 5.86. The van der Waals surface area contributed by atoms with Gasteiger partial charge in [0.25, 0.3) is 0 Å². The Bertz CT molecular complexity index is 780. The molecule has 1 atom stereocenters. The van der Waals surface area contributed by atoms with Crippen LogP contribution in [0.2, 0.25) is 0 Å². The van der Waals surface area contributed by atoms with Crippen molar-refractivity contribution in [2.24, 2.45) is 0 Å². The summed E-state index contributed by atoms with van der Waals surface area (Å²) in [5.74, 6) is 0. The summed E-state index contributed by atoms with van der Waals surface area (Å²) in [6.45, 7) is 5.40. The first-order valence-electron chi connectivity index (χ1n) is 9.13. The Balaban J connectivity index is 1.63. The van der Waals surface area contributed by atoms with Crippen molar-refractivity contribution >= 4 is 17.4 Å². The smallest absolute Gasteiger partial charge is 0.357 e. The van der Waals surface area contributed by atoms with Crippen molar-refractivity contribution < 1.29 is 13.2 Å². The lowest BCUT2D eigenvalue weighted by Gasteiger charge is -2.21. The molecule has 1 aromatic carbocycles. The topological polar surface area (TPSA) is 22.6 Å². The summed E-state index contributed by atoms with van der Waals surface area (Å²) < 4.78 is 37.5. The molecular weight excluding hydrogens is 385 g/mol. The fourth-order valence-electron chi connectivity index (χ4n) is 3.37. The molecule has 1 aliphatic rings. The van der Waals surface area contributed by atoms with Gasteiger partial charge >= 0.3 is 5.51 Å². The zero-order valence-corrected chi connectivity index (χ0v) is 17.1. The number of anilines is 1. The Morgan fingerprint density at radius 3 is 2.54 bits per heavy atom. The summed E-state index contributed by atoms with van der Waals surface area (Å²) in [5, 5.41) is 0. The molecule has 152 valence electrons. The molecule has 2 aromatic rings. The number of rotatable bonds is 6. The molecule has 0 bridgehead atoms. The lowest BCUT2D eigenvalue weighted by Crippen LogP contribution is -2.28. The molecular formula is C20H25F3N4S. The number of halogens is 3. The van der Waals surface area contributed by atoms with E-state index >= 15 is 0 Å². The van der Waals surface area contributed by atoms with E-state index in [0.717, 1.165) is 37.7 Å². The minimum Gasteiger partial charge on any atom is -0.357 e. The molecule has 4 nitrogen and oxygen atoms in total. The maximum absolute atomic E-state index is 12.5. The van der Waals surface area contributed by atoms with Gasteiger partial charge in [-0.25, -0.2) is 0 Å². The molecule has 0 saturated carbocycles. The van der Waals surface area contributed by atoms with Gasteiger partial charge in [0.1, 0.15) is 0 Å². The first kappa shape index (κ1) is 21.0. The number of pyridine rings is 1. The average molecular weight is 411 g/mol. The Morgan fingerprint density at radius 2 is 1.89 bits per heavy atom. The molecule has 0 N–H and O–H groups in total. The zero-order chi connectivity index (χ0) is 20.3. The van der Waals surface area contributed by atoms with Gasteiger partial charge in [0.2, 0.25) is 0 Å². The van der Waals surface area contributed by atoms with Gasteiger partial charge in [-0.3, -0.25) is 9.88 Å². The van der Waals surface area contributed by atoms with Crippen molar-refractivity contribution in [2.45, 2.75) is 36.5 Å². The fourth-order valence-corrected chi connectivity index (χ4v) is 3.91. The van der Waals surface area contributed by atoms with E-state index in [1.165, 1.54) is 17.7 Å². The van der Waals surface area contributed by atoms with Crippen molar-refractivity contribution in [1.82, 2.24) is 14.8 Å². The maximum Gasteiger partial charge on any atom is 0.446 e. The van der Waals surface area contributed by atoms with Crippen LogP contribution in [0, 0.1) is 0 Å². The van der Waals surface area contributed by atoms with Crippen LogP contribution in [-0.4, -0.2) is 53.6 Å². The van der Waals surface area contributed by atoms with Crippen LogP contribution >= 0.6 is 11.8 Å². The Hall–Kier alpha value is -1.77. The van der Waals surface area contributed by atoms with Crippen LogP contribution < -0.4 is 4.90 Å². The number of aromatic nitrogens is 1. The van der Waals surface area contributed by atoms with E-state index in [0.29, 0.717) is 6.04 Å². The largest absolute Gasteiger partial charge is 0.446 e. The van der Waals surface area contributed by atoms with E-state index in [4.69, 9.17) is 0 Å². The quantitative estimate of drug-likeness (QED) is 0.656. The van der Waals surface area contributed by atoms with Gasteiger partial charge in [-0.2, -0.15) is 13.2 Å². The highest BCUT2D eigenvalue weighted by Crippen LogP contribution is 2.37. The molecule has 0 radical (unpaired) electrons. The summed E-state index contributed by atoms with van der Waals surface area (Å²) in [5.41, 5.74) is -1.04. The van der Waals surface area contributed by atoms with Gasteiger partial charge < -0.3 is 9.80 Å². The molecule has 1 saturated heterocycles. The van der Waals surface area contributed by atoms with E-state index < -0.39 is 5.51 Å². The third-order valence-corrected chi connectivity index (χ3v) is 5.38. The van der Waals surface area contributed by atoms with Crippen molar-refractivity contribution in [1.29, 1.82) is 0 Å². The number of thioether (sulfide) groups is 1. The highest BCUT2D eigenvalue weighted by Gasteiger charge is 2.30. The highest BCUT2D eigenvalue weighted by atomic mass is 32.2. The summed E-state index contributed by atoms with van der Waals surface area (Å²) in [6, 6.07) is 11.2. The van der Waals surface area contributed by atoms with Gasteiger partial charge in [0, 0.05) is 42.5 Å². The van der Waals surface area contributed by atoms with E-state index in [2.05, 4.69) is 32.7 Å². The molecule has 1 aromatic heterocycles. The fraction of sp³-hybridized carbons (Fsp3) is 0.450. The molecule has 1 aliphatic heterocycles. The second-order valence-electron chi connectivity index (χ2n) is 7.39. The molecule has 28 heavy (non-hydrogen) atoms. The van der Waals surface area contributed by atoms with Gasteiger partial charge in [0.15, 0.2) is 0 Å². The number of alkyl halides is 3. The second-order valence-corrected chi connectivity index (χ2v) is 8.53. The molecule has 1 unspecified atom stereocenters. The normalized spacial score (nSPS) is 18.2. The SMILES string of the molecule is CC1CN(c2ccc(SC(F)(F)F)cc2)CN1Cc1ccnc(CN(C)C)c1. The van der Waals surface area contributed by atoms with Gasteiger partial charge in [-0.15, -0.1) is 0 Å². The monoisotopic (exact) mass is 410 g/mol.